The first-order valence-corrected chi connectivity index (χ1v) is 8.39. The third-order valence-corrected chi connectivity index (χ3v) is 4.17. The Bertz CT molecular complexity index is 767. The molecule has 138 valence electrons. The van der Waals surface area contributed by atoms with Crippen LogP contribution in [-0.2, 0) is 20.9 Å². The molecule has 0 bridgehead atoms. The molecule has 1 atom stereocenters. The molecule has 0 aliphatic rings. The second-order valence-electron chi connectivity index (χ2n) is 5.45. The van der Waals surface area contributed by atoms with Crippen molar-refractivity contribution >= 4 is 23.4 Å². The number of ether oxygens (including phenoxy) is 2. The summed E-state index contributed by atoms with van der Waals surface area (Å²) in [7, 11) is 3.06. The fraction of sp³-hybridized carbons (Fsp3) is 0.263. The van der Waals surface area contributed by atoms with E-state index in [1.54, 1.807) is 19.2 Å². The summed E-state index contributed by atoms with van der Waals surface area (Å²) in [6.45, 7) is 0.315. The number of rotatable bonds is 7. The van der Waals surface area contributed by atoms with E-state index in [9.17, 15) is 9.59 Å². The molecule has 0 aliphatic carbocycles. The number of methoxy groups -OCH3 is 2. The summed E-state index contributed by atoms with van der Waals surface area (Å²) in [5, 5.41) is 5.66. The molecule has 2 amide bonds. The maximum absolute atomic E-state index is 12.0. The molecule has 7 heteroatoms. The minimum atomic E-state index is -0.742. The zero-order chi connectivity index (χ0) is 18.9. The van der Waals surface area contributed by atoms with Gasteiger partial charge in [0, 0.05) is 36.3 Å². The first-order chi connectivity index (χ1) is 12.6. The van der Waals surface area contributed by atoms with Crippen LogP contribution in [-0.4, -0.2) is 32.6 Å². The van der Waals surface area contributed by atoms with Gasteiger partial charge in [-0.05, 0) is 12.1 Å². The van der Waals surface area contributed by atoms with Crippen LogP contribution in [0.25, 0.3) is 0 Å². The maximum atomic E-state index is 12.0. The second-order valence-corrected chi connectivity index (χ2v) is 5.86. The summed E-state index contributed by atoms with van der Waals surface area (Å²) in [5.41, 5.74) is 1.52. The molecular formula is C19H21ClN2O4. The third kappa shape index (κ3) is 5.21. The lowest BCUT2D eigenvalue weighted by molar-refractivity contribution is -0.139. The third-order valence-electron chi connectivity index (χ3n) is 3.82. The van der Waals surface area contributed by atoms with Crippen LogP contribution in [0.1, 0.15) is 17.2 Å². The number of carbonyl (C=O) groups is 2. The average Bonchev–Trinajstić information content (AvgIpc) is 2.67. The summed E-state index contributed by atoms with van der Waals surface area (Å²) in [6.07, 6.45) is -0.449. The maximum Gasteiger partial charge on any atom is 0.309 e. The van der Waals surface area contributed by atoms with E-state index in [1.807, 2.05) is 36.4 Å². The Balaban J connectivity index is 1.88. The van der Waals surface area contributed by atoms with Gasteiger partial charge in [-0.2, -0.15) is 0 Å². The van der Waals surface area contributed by atoms with Gasteiger partial charge in [0.1, 0.15) is 11.9 Å². The minimum Gasteiger partial charge on any atom is -0.496 e. The summed E-state index contributed by atoms with van der Waals surface area (Å²) >= 11 is 6.14. The molecule has 6 nitrogen and oxygen atoms in total. The molecule has 2 rings (SSSR count). The predicted molar refractivity (Wildman–Crippen MR) is 99.1 cm³/mol. The van der Waals surface area contributed by atoms with E-state index in [2.05, 4.69) is 10.6 Å². The zero-order valence-electron chi connectivity index (χ0n) is 14.6. The van der Waals surface area contributed by atoms with Crippen molar-refractivity contribution in [2.45, 2.75) is 12.6 Å². The molecular weight excluding hydrogens is 356 g/mol. The fourth-order valence-electron chi connectivity index (χ4n) is 2.43. The highest BCUT2D eigenvalue weighted by molar-refractivity contribution is 6.35. The number of para-hydroxylation sites is 1. The highest BCUT2D eigenvalue weighted by Gasteiger charge is 2.18. The van der Waals surface area contributed by atoms with Crippen molar-refractivity contribution in [3.05, 3.63) is 64.7 Å². The fourth-order valence-corrected chi connectivity index (χ4v) is 2.68. The van der Waals surface area contributed by atoms with Crippen LogP contribution >= 0.6 is 11.6 Å². The van der Waals surface area contributed by atoms with Crippen molar-refractivity contribution in [2.75, 3.05) is 20.8 Å². The first kappa shape index (κ1) is 19.8. The van der Waals surface area contributed by atoms with Gasteiger partial charge in [-0.15, -0.1) is 0 Å². The van der Waals surface area contributed by atoms with E-state index in [1.165, 1.54) is 7.11 Å². The highest BCUT2D eigenvalue weighted by Crippen LogP contribution is 2.24. The number of carbonyl (C=O) groups excluding carboxylic acids is 2. The van der Waals surface area contributed by atoms with Crippen molar-refractivity contribution in [3.63, 3.8) is 0 Å². The van der Waals surface area contributed by atoms with Gasteiger partial charge in [0.2, 0.25) is 0 Å². The molecule has 2 N–H and O–H groups in total. The average molecular weight is 377 g/mol. The quantitative estimate of drug-likeness (QED) is 0.728. The Morgan fingerprint density at radius 1 is 1.00 bits per heavy atom. The van der Waals surface area contributed by atoms with Crippen LogP contribution < -0.4 is 15.4 Å². The van der Waals surface area contributed by atoms with Gasteiger partial charge in [0.25, 0.3) is 0 Å². The number of nitrogens with one attached hydrogen (secondary N) is 2. The molecule has 0 unspecified atom stereocenters. The van der Waals surface area contributed by atoms with Gasteiger partial charge < -0.3 is 20.1 Å². The van der Waals surface area contributed by atoms with Crippen molar-refractivity contribution in [1.29, 1.82) is 0 Å². The lowest BCUT2D eigenvalue weighted by Gasteiger charge is -2.17. The lowest BCUT2D eigenvalue weighted by Crippen LogP contribution is -2.41. The number of benzene rings is 2. The van der Waals surface area contributed by atoms with E-state index in [0.717, 1.165) is 11.1 Å². The van der Waals surface area contributed by atoms with Crippen LogP contribution in [0, 0.1) is 0 Å². The Hall–Kier alpha value is -2.57. The highest BCUT2D eigenvalue weighted by atomic mass is 35.5. The topological polar surface area (TPSA) is 76.7 Å². The monoisotopic (exact) mass is 376 g/mol. The molecule has 0 aliphatic heterocycles. The second kappa shape index (κ2) is 9.79. The van der Waals surface area contributed by atoms with Crippen molar-refractivity contribution in [3.8, 4) is 5.75 Å². The van der Waals surface area contributed by atoms with Gasteiger partial charge in [0.05, 0.1) is 7.11 Å². The predicted octanol–water partition coefficient (Wildman–Crippen LogP) is 2.47. The van der Waals surface area contributed by atoms with Gasteiger partial charge in [-0.1, -0.05) is 48.0 Å². The van der Waals surface area contributed by atoms with Gasteiger partial charge >= 0.3 is 11.8 Å². The molecule has 0 aromatic heterocycles. The van der Waals surface area contributed by atoms with E-state index >= 15 is 0 Å². The summed E-state index contributed by atoms with van der Waals surface area (Å²) in [6, 6.07) is 14.4. The normalized spacial score (nSPS) is 11.5. The van der Waals surface area contributed by atoms with Crippen LogP contribution in [0.2, 0.25) is 5.02 Å². The zero-order valence-corrected chi connectivity index (χ0v) is 15.4. The van der Waals surface area contributed by atoms with Gasteiger partial charge in [-0.3, -0.25) is 9.59 Å². The van der Waals surface area contributed by atoms with Crippen molar-refractivity contribution < 1.29 is 19.1 Å². The first-order valence-electron chi connectivity index (χ1n) is 8.02. The number of halogens is 1. The van der Waals surface area contributed by atoms with Gasteiger partial charge in [0.15, 0.2) is 0 Å². The molecule has 0 radical (unpaired) electrons. The van der Waals surface area contributed by atoms with Crippen LogP contribution in [0.3, 0.4) is 0 Å². The SMILES string of the molecule is COc1ccccc1CNC(=O)C(=O)NC[C@H](OC)c1ccccc1Cl. The van der Waals surface area contributed by atoms with Crippen molar-refractivity contribution in [1.82, 2.24) is 10.6 Å². The van der Waals surface area contributed by atoms with Crippen LogP contribution in [0.4, 0.5) is 0 Å². The molecule has 0 heterocycles. The molecule has 2 aromatic carbocycles. The molecule has 0 saturated carbocycles. The van der Waals surface area contributed by atoms with Crippen LogP contribution in [0.5, 0.6) is 5.75 Å². The van der Waals surface area contributed by atoms with E-state index < -0.39 is 17.9 Å². The number of amides is 2. The Morgan fingerprint density at radius 2 is 1.65 bits per heavy atom. The molecule has 0 fully saturated rings. The Kier molecular flexibility index (Phi) is 7.44. The number of hydrogen-bond acceptors (Lipinski definition) is 4. The number of hydrogen-bond donors (Lipinski definition) is 2. The largest absolute Gasteiger partial charge is 0.496 e. The molecule has 2 aromatic rings. The smallest absolute Gasteiger partial charge is 0.309 e. The standard InChI is InChI=1S/C19H21ClN2O4/c1-25-16-10-6-3-7-13(16)11-21-18(23)19(24)22-12-17(26-2)14-8-4-5-9-15(14)20/h3-10,17H,11-12H2,1-2H3,(H,21,23)(H,22,24)/t17-/m0/s1. The molecule has 0 spiro atoms. The van der Waals surface area contributed by atoms with E-state index in [4.69, 9.17) is 21.1 Å². The Labute approximate surface area is 157 Å². The van der Waals surface area contributed by atoms with Crippen LogP contribution in [0.15, 0.2) is 48.5 Å². The van der Waals surface area contributed by atoms with E-state index in [0.29, 0.717) is 10.8 Å². The van der Waals surface area contributed by atoms with E-state index in [-0.39, 0.29) is 13.1 Å². The summed E-state index contributed by atoms with van der Waals surface area (Å²) in [4.78, 5) is 24.0. The minimum absolute atomic E-state index is 0.126. The lowest BCUT2D eigenvalue weighted by atomic mass is 10.1. The van der Waals surface area contributed by atoms with Gasteiger partial charge in [-0.25, -0.2) is 0 Å². The summed E-state index contributed by atoms with van der Waals surface area (Å²) in [5.74, 6) is -0.828. The molecule has 0 saturated heterocycles. The Morgan fingerprint density at radius 3 is 2.35 bits per heavy atom. The summed E-state index contributed by atoms with van der Waals surface area (Å²) < 4.78 is 10.6. The molecule has 26 heavy (non-hydrogen) atoms. The van der Waals surface area contributed by atoms with Crippen molar-refractivity contribution in [2.24, 2.45) is 0 Å².